The zero-order valence-corrected chi connectivity index (χ0v) is 13.8. The summed E-state index contributed by atoms with van der Waals surface area (Å²) >= 11 is 0. The van der Waals surface area contributed by atoms with E-state index in [2.05, 4.69) is 10.4 Å². The largest absolute Gasteiger partial charge is 0.481 e. The molecule has 1 aromatic heterocycles. The molecule has 0 fully saturated rings. The van der Waals surface area contributed by atoms with Gasteiger partial charge in [-0.15, -0.1) is 0 Å². The van der Waals surface area contributed by atoms with E-state index >= 15 is 0 Å². The number of halogens is 2. The number of aryl methyl sites for hydroxylation is 1. The summed E-state index contributed by atoms with van der Waals surface area (Å²) in [6.07, 6.45) is 0.650. The van der Waals surface area contributed by atoms with Gasteiger partial charge in [-0.2, -0.15) is 13.9 Å². The zero-order valence-electron chi connectivity index (χ0n) is 13.8. The predicted octanol–water partition coefficient (Wildman–Crippen LogP) is 2.59. The first-order valence-corrected chi connectivity index (χ1v) is 7.51. The third-order valence-corrected chi connectivity index (χ3v) is 4.24. The number of nitrogens with zero attached hydrogens (tertiary/aromatic N) is 2. The lowest BCUT2D eigenvalue weighted by atomic mass is 9.88. The standard InChI is InChI=1S/C15H23F2N3O3/c1-5-15(6-2,8-13(22)23)18-12(21)7-11-9(3)19-20(10(11)4)14(16)17/h14H,5-8H2,1-4H3,(H,18,21)(H,22,23). The molecule has 6 nitrogen and oxygen atoms in total. The van der Waals surface area contributed by atoms with E-state index in [0.717, 1.165) is 0 Å². The van der Waals surface area contributed by atoms with Crippen LogP contribution in [-0.4, -0.2) is 32.3 Å². The Morgan fingerprint density at radius 3 is 2.26 bits per heavy atom. The first-order chi connectivity index (χ1) is 10.7. The molecule has 0 unspecified atom stereocenters. The molecule has 1 aromatic rings. The number of carbonyl (C=O) groups is 2. The van der Waals surface area contributed by atoms with Gasteiger partial charge in [-0.1, -0.05) is 13.8 Å². The van der Waals surface area contributed by atoms with Gasteiger partial charge in [-0.3, -0.25) is 9.59 Å². The minimum absolute atomic E-state index is 0.105. The number of alkyl halides is 2. The van der Waals surface area contributed by atoms with Crippen molar-refractivity contribution in [3.8, 4) is 0 Å². The zero-order chi connectivity index (χ0) is 17.8. The van der Waals surface area contributed by atoms with E-state index in [4.69, 9.17) is 5.11 Å². The van der Waals surface area contributed by atoms with Crippen LogP contribution in [0.4, 0.5) is 8.78 Å². The van der Waals surface area contributed by atoms with Gasteiger partial charge in [0.25, 0.3) is 0 Å². The highest BCUT2D eigenvalue weighted by atomic mass is 19.3. The molecule has 2 N–H and O–H groups in total. The fourth-order valence-electron chi connectivity index (χ4n) is 2.65. The second-order valence-electron chi connectivity index (χ2n) is 5.65. The van der Waals surface area contributed by atoms with Crippen LogP contribution in [0, 0.1) is 13.8 Å². The Balaban J connectivity index is 2.93. The van der Waals surface area contributed by atoms with Crippen LogP contribution in [0.1, 0.15) is 56.6 Å². The number of carboxylic acid groups (broad SMARTS) is 1. The Morgan fingerprint density at radius 1 is 1.30 bits per heavy atom. The molecule has 0 aliphatic rings. The summed E-state index contributed by atoms with van der Waals surface area (Å²) < 4.78 is 26.2. The number of amides is 1. The van der Waals surface area contributed by atoms with Gasteiger partial charge in [0.05, 0.1) is 18.5 Å². The van der Waals surface area contributed by atoms with Gasteiger partial charge in [0.15, 0.2) is 0 Å². The van der Waals surface area contributed by atoms with Crippen LogP contribution in [0.3, 0.4) is 0 Å². The summed E-state index contributed by atoms with van der Waals surface area (Å²) in [5, 5.41) is 15.5. The van der Waals surface area contributed by atoms with E-state index in [1.165, 1.54) is 6.92 Å². The summed E-state index contributed by atoms with van der Waals surface area (Å²) in [5.41, 5.74) is 0.224. The molecule has 0 aromatic carbocycles. The first-order valence-electron chi connectivity index (χ1n) is 7.51. The number of aliphatic carboxylic acids is 1. The van der Waals surface area contributed by atoms with Gasteiger partial charge in [0.1, 0.15) is 0 Å². The minimum Gasteiger partial charge on any atom is -0.481 e. The topological polar surface area (TPSA) is 84.2 Å². The van der Waals surface area contributed by atoms with Crippen LogP contribution >= 0.6 is 0 Å². The van der Waals surface area contributed by atoms with Crippen LogP contribution in [0.2, 0.25) is 0 Å². The predicted molar refractivity (Wildman–Crippen MR) is 80.4 cm³/mol. The van der Waals surface area contributed by atoms with Crippen molar-refractivity contribution in [3.05, 3.63) is 17.0 Å². The van der Waals surface area contributed by atoms with Crippen molar-refractivity contribution in [1.82, 2.24) is 15.1 Å². The van der Waals surface area contributed by atoms with Crippen LogP contribution < -0.4 is 5.32 Å². The van der Waals surface area contributed by atoms with Crippen molar-refractivity contribution >= 4 is 11.9 Å². The summed E-state index contributed by atoms with van der Waals surface area (Å²) in [7, 11) is 0. The third kappa shape index (κ3) is 4.49. The highest BCUT2D eigenvalue weighted by molar-refractivity contribution is 5.81. The molecule has 0 saturated carbocycles. The molecule has 0 bridgehead atoms. The highest BCUT2D eigenvalue weighted by Crippen LogP contribution is 2.22. The maximum Gasteiger partial charge on any atom is 0.333 e. The normalized spacial score (nSPS) is 11.8. The fraction of sp³-hybridized carbons (Fsp3) is 0.667. The Labute approximate surface area is 133 Å². The molecule has 0 saturated heterocycles. The van der Waals surface area contributed by atoms with Crippen molar-refractivity contribution in [2.24, 2.45) is 0 Å². The van der Waals surface area contributed by atoms with Crippen molar-refractivity contribution in [2.45, 2.75) is 65.5 Å². The van der Waals surface area contributed by atoms with Crippen LogP contribution in [0.5, 0.6) is 0 Å². The van der Waals surface area contributed by atoms with E-state index in [1.54, 1.807) is 20.8 Å². The average Bonchev–Trinajstić information content (AvgIpc) is 2.74. The number of nitrogens with one attached hydrogen (secondary N) is 1. The monoisotopic (exact) mass is 331 g/mol. The average molecular weight is 331 g/mol. The van der Waals surface area contributed by atoms with E-state index in [0.29, 0.717) is 28.8 Å². The second kappa shape index (κ2) is 7.52. The Kier molecular flexibility index (Phi) is 6.23. The van der Waals surface area contributed by atoms with Gasteiger partial charge >= 0.3 is 12.5 Å². The third-order valence-electron chi connectivity index (χ3n) is 4.24. The van der Waals surface area contributed by atoms with Gasteiger partial charge in [-0.05, 0) is 26.7 Å². The number of carbonyl (C=O) groups excluding carboxylic acids is 1. The molecule has 130 valence electrons. The molecule has 1 rings (SSSR count). The van der Waals surface area contributed by atoms with Crippen molar-refractivity contribution in [2.75, 3.05) is 0 Å². The lowest BCUT2D eigenvalue weighted by molar-refractivity contribution is -0.139. The molecule has 0 radical (unpaired) electrons. The van der Waals surface area contributed by atoms with Crippen molar-refractivity contribution < 1.29 is 23.5 Å². The molecule has 0 atom stereocenters. The quantitative estimate of drug-likeness (QED) is 0.767. The number of hydrogen-bond acceptors (Lipinski definition) is 3. The Bertz CT molecular complexity index is 581. The van der Waals surface area contributed by atoms with E-state index in [-0.39, 0.29) is 18.5 Å². The van der Waals surface area contributed by atoms with E-state index < -0.39 is 24.0 Å². The lowest BCUT2D eigenvalue weighted by Crippen LogP contribution is -2.49. The molecule has 1 heterocycles. The smallest absolute Gasteiger partial charge is 0.333 e. The highest BCUT2D eigenvalue weighted by Gasteiger charge is 2.31. The number of aromatic nitrogens is 2. The lowest BCUT2D eigenvalue weighted by Gasteiger charge is -2.31. The van der Waals surface area contributed by atoms with Crippen LogP contribution in [0.15, 0.2) is 0 Å². The molecule has 23 heavy (non-hydrogen) atoms. The molecule has 8 heteroatoms. The SMILES string of the molecule is CCC(CC)(CC(=O)O)NC(=O)Cc1c(C)nn(C(F)F)c1C. The summed E-state index contributed by atoms with van der Waals surface area (Å²) in [6, 6.07) is 0. The second-order valence-corrected chi connectivity index (χ2v) is 5.65. The van der Waals surface area contributed by atoms with Gasteiger partial charge in [0, 0.05) is 16.8 Å². The van der Waals surface area contributed by atoms with Gasteiger partial charge in [-0.25, -0.2) is 4.68 Å². The Hall–Kier alpha value is -1.99. The van der Waals surface area contributed by atoms with Crippen LogP contribution in [-0.2, 0) is 16.0 Å². The fourth-order valence-corrected chi connectivity index (χ4v) is 2.65. The Morgan fingerprint density at radius 2 is 1.87 bits per heavy atom. The summed E-state index contributed by atoms with van der Waals surface area (Å²) in [6.45, 7) is 3.90. The molecular formula is C15H23F2N3O3. The molecule has 0 spiro atoms. The van der Waals surface area contributed by atoms with Crippen LogP contribution in [0.25, 0.3) is 0 Å². The molecule has 0 aliphatic heterocycles. The minimum atomic E-state index is -2.76. The van der Waals surface area contributed by atoms with E-state index in [9.17, 15) is 18.4 Å². The van der Waals surface area contributed by atoms with Crippen molar-refractivity contribution in [3.63, 3.8) is 0 Å². The number of carboxylic acids is 1. The van der Waals surface area contributed by atoms with Gasteiger partial charge in [0.2, 0.25) is 5.91 Å². The van der Waals surface area contributed by atoms with E-state index in [1.807, 2.05) is 0 Å². The molecule has 0 aliphatic carbocycles. The van der Waals surface area contributed by atoms with Crippen molar-refractivity contribution in [1.29, 1.82) is 0 Å². The number of rotatable bonds is 8. The summed E-state index contributed by atoms with van der Waals surface area (Å²) in [4.78, 5) is 23.3. The first kappa shape index (κ1) is 19.1. The molecule has 1 amide bonds. The number of hydrogen-bond donors (Lipinski definition) is 2. The maximum absolute atomic E-state index is 12.8. The summed E-state index contributed by atoms with van der Waals surface area (Å²) in [5.74, 6) is -1.39. The maximum atomic E-state index is 12.8. The van der Waals surface area contributed by atoms with Gasteiger partial charge < -0.3 is 10.4 Å². The molecular weight excluding hydrogens is 308 g/mol.